The number of halogens is 1. The summed E-state index contributed by atoms with van der Waals surface area (Å²) in [7, 11) is 0. The van der Waals surface area contributed by atoms with Gasteiger partial charge in [-0.1, -0.05) is 55.1 Å². The minimum Gasteiger partial charge on any atom is -0.494 e. The Morgan fingerprint density at radius 2 is 1.50 bits per heavy atom. The number of rotatable bonds is 9. The first-order valence-corrected chi connectivity index (χ1v) is 13.5. The number of urea groups is 1. The van der Waals surface area contributed by atoms with Gasteiger partial charge in [0.05, 0.1) is 6.61 Å². The van der Waals surface area contributed by atoms with Gasteiger partial charge in [0.2, 0.25) is 0 Å². The second-order valence-corrected chi connectivity index (χ2v) is 10.5. The minimum atomic E-state index is 0.115. The van der Waals surface area contributed by atoms with Gasteiger partial charge < -0.3 is 9.64 Å². The third-order valence-electron chi connectivity index (χ3n) is 7.83. The molecule has 2 amide bonds. The highest BCUT2D eigenvalue weighted by atomic mass is 35.5. The molecule has 0 atom stereocenters. The molecular formula is C30H34ClN3O2. The average Bonchev–Trinajstić information content (AvgIpc) is 3.30. The SMILES string of the molecule is O=C1N(CCC2(CCOc3ccc(-c4ccc(Cl)cc4)cc3)CCCCC2)CCN1c1ccncc1. The van der Waals surface area contributed by atoms with Gasteiger partial charge in [-0.05, 0) is 78.6 Å². The molecule has 0 spiro atoms. The molecule has 0 bridgehead atoms. The van der Waals surface area contributed by atoms with Gasteiger partial charge in [0.25, 0.3) is 0 Å². The first-order chi connectivity index (χ1) is 17.6. The summed E-state index contributed by atoms with van der Waals surface area (Å²) < 4.78 is 6.20. The van der Waals surface area contributed by atoms with Crippen LogP contribution in [0.15, 0.2) is 73.1 Å². The van der Waals surface area contributed by atoms with Crippen LogP contribution in [0, 0.1) is 5.41 Å². The number of benzene rings is 2. The van der Waals surface area contributed by atoms with E-state index in [1.165, 1.54) is 32.1 Å². The van der Waals surface area contributed by atoms with Gasteiger partial charge in [-0.2, -0.15) is 0 Å². The molecule has 36 heavy (non-hydrogen) atoms. The highest BCUT2D eigenvalue weighted by molar-refractivity contribution is 6.30. The van der Waals surface area contributed by atoms with Crippen molar-refractivity contribution in [1.82, 2.24) is 9.88 Å². The number of carbonyl (C=O) groups excluding carboxylic acids is 1. The lowest BCUT2D eigenvalue weighted by molar-refractivity contribution is 0.113. The van der Waals surface area contributed by atoms with Crippen LogP contribution in [0.5, 0.6) is 5.75 Å². The zero-order valence-corrected chi connectivity index (χ0v) is 21.5. The molecule has 1 saturated heterocycles. The van der Waals surface area contributed by atoms with Crippen molar-refractivity contribution in [2.24, 2.45) is 5.41 Å². The summed E-state index contributed by atoms with van der Waals surface area (Å²) in [6, 6.07) is 20.1. The lowest BCUT2D eigenvalue weighted by Gasteiger charge is -2.38. The summed E-state index contributed by atoms with van der Waals surface area (Å²) in [6.45, 7) is 3.05. The number of pyridine rings is 1. The van der Waals surface area contributed by atoms with Crippen LogP contribution in [0.2, 0.25) is 5.02 Å². The van der Waals surface area contributed by atoms with Gasteiger partial charge in [-0.25, -0.2) is 4.79 Å². The van der Waals surface area contributed by atoms with Crippen molar-refractivity contribution in [1.29, 1.82) is 0 Å². The topological polar surface area (TPSA) is 45.7 Å². The van der Waals surface area contributed by atoms with E-state index < -0.39 is 0 Å². The monoisotopic (exact) mass is 503 g/mol. The lowest BCUT2D eigenvalue weighted by atomic mass is 9.70. The van der Waals surface area contributed by atoms with Crippen molar-refractivity contribution in [3.63, 3.8) is 0 Å². The number of anilines is 1. The zero-order chi connectivity index (χ0) is 24.8. The second kappa shape index (κ2) is 11.3. The molecule has 1 aromatic heterocycles. The number of ether oxygens (including phenoxy) is 1. The predicted octanol–water partition coefficient (Wildman–Crippen LogP) is 7.45. The molecule has 188 valence electrons. The Labute approximate surface area is 219 Å². The standard InChI is InChI=1S/C30H34ClN3O2/c31-26-8-4-24(5-9-26)25-6-10-28(11-7-25)36-23-17-30(14-2-1-3-15-30)16-20-33-21-22-34(29(33)35)27-12-18-32-19-13-27/h4-13,18-19H,1-3,14-17,20-23H2. The molecule has 1 saturated carbocycles. The van der Waals surface area contributed by atoms with Gasteiger partial charge in [-0.3, -0.25) is 9.88 Å². The number of aromatic nitrogens is 1. The number of hydrogen-bond donors (Lipinski definition) is 0. The summed E-state index contributed by atoms with van der Waals surface area (Å²) in [4.78, 5) is 21.0. The summed E-state index contributed by atoms with van der Waals surface area (Å²) in [5.41, 5.74) is 3.48. The molecule has 2 aromatic carbocycles. The molecule has 2 fully saturated rings. The first-order valence-electron chi connectivity index (χ1n) is 13.1. The number of hydrogen-bond acceptors (Lipinski definition) is 3. The average molecular weight is 504 g/mol. The molecule has 0 N–H and O–H groups in total. The fourth-order valence-electron chi connectivity index (χ4n) is 5.62. The van der Waals surface area contributed by atoms with Crippen LogP contribution in [0.3, 0.4) is 0 Å². The Morgan fingerprint density at radius 3 is 2.19 bits per heavy atom. The molecule has 5 rings (SSSR count). The van der Waals surface area contributed by atoms with E-state index in [4.69, 9.17) is 16.3 Å². The largest absolute Gasteiger partial charge is 0.494 e. The number of carbonyl (C=O) groups is 1. The van der Waals surface area contributed by atoms with Crippen molar-refractivity contribution in [3.8, 4) is 16.9 Å². The van der Waals surface area contributed by atoms with Crippen LogP contribution in [0.1, 0.15) is 44.9 Å². The lowest BCUT2D eigenvalue weighted by Crippen LogP contribution is -2.36. The molecule has 5 nitrogen and oxygen atoms in total. The van der Waals surface area contributed by atoms with E-state index in [9.17, 15) is 4.79 Å². The van der Waals surface area contributed by atoms with Gasteiger partial charge in [0.1, 0.15) is 5.75 Å². The highest BCUT2D eigenvalue weighted by Crippen LogP contribution is 2.42. The van der Waals surface area contributed by atoms with Crippen LogP contribution in [0.25, 0.3) is 11.1 Å². The maximum absolute atomic E-state index is 13.0. The van der Waals surface area contributed by atoms with Gasteiger partial charge >= 0.3 is 6.03 Å². The minimum absolute atomic E-state index is 0.115. The van der Waals surface area contributed by atoms with Crippen LogP contribution in [0.4, 0.5) is 10.5 Å². The van der Waals surface area contributed by atoms with Crippen LogP contribution in [-0.2, 0) is 0 Å². The Bertz CT molecular complexity index is 1130. The fourth-order valence-corrected chi connectivity index (χ4v) is 5.75. The van der Waals surface area contributed by atoms with Crippen molar-refractivity contribution in [3.05, 3.63) is 78.1 Å². The van der Waals surface area contributed by atoms with E-state index in [0.717, 1.165) is 60.1 Å². The second-order valence-electron chi connectivity index (χ2n) is 10.1. The van der Waals surface area contributed by atoms with Gasteiger partial charge in [-0.15, -0.1) is 0 Å². The Balaban J connectivity index is 1.15. The molecule has 1 aliphatic heterocycles. The van der Waals surface area contributed by atoms with E-state index >= 15 is 0 Å². The Morgan fingerprint density at radius 1 is 0.833 bits per heavy atom. The molecule has 1 aliphatic carbocycles. The molecular weight excluding hydrogens is 470 g/mol. The third kappa shape index (κ3) is 5.84. The van der Waals surface area contributed by atoms with Crippen molar-refractivity contribution in [2.45, 2.75) is 44.9 Å². The quantitative estimate of drug-likeness (QED) is 0.304. The highest BCUT2D eigenvalue weighted by Gasteiger charge is 2.35. The molecule has 2 heterocycles. The number of nitrogens with zero attached hydrogens (tertiary/aromatic N) is 3. The van der Waals surface area contributed by atoms with E-state index in [2.05, 4.69) is 17.1 Å². The van der Waals surface area contributed by atoms with E-state index in [1.54, 1.807) is 12.4 Å². The van der Waals surface area contributed by atoms with E-state index in [1.807, 2.05) is 58.3 Å². The molecule has 0 radical (unpaired) electrons. The molecule has 0 unspecified atom stereocenters. The summed E-state index contributed by atoms with van der Waals surface area (Å²) in [5.74, 6) is 0.904. The van der Waals surface area contributed by atoms with Crippen molar-refractivity contribution < 1.29 is 9.53 Å². The summed E-state index contributed by atoms with van der Waals surface area (Å²) >= 11 is 6.01. The number of amides is 2. The van der Waals surface area contributed by atoms with Crippen molar-refractivity contribution >= 4 is 23.3 Å². The maximum Gasteiger partial charge on any atom is 0.324 e. The smallest absolute Gasteiger partial charge is 0.324 e. The Hall–Kier alpha value is -3.05. The molecule has 3 aromatic rings. The third-order valence-corrected chi connectivity index (χ3v) is 8.08. The van der Waals surface area contributed by atoms with Crippen LogP contribution >= 0.6 is 11.6 Å². The predicted molar refractivity (Wildman–Crippen MR) is 146 cm³/mol. The maximum atomic E-state index is 13.0. The molecule has 2 aliphatic rings. The zero-order valence-electron chi connectivity index (χ0n) is 20.7. The van der Waals surface area contributed by atoms with Crippen LogP contribution in [-0.4, -0.2) is 42.2 Å². The Kier molecular flexibility index (Phi) is 7.76. The van der Waals surface area contributed by atoms with Gasteiger partial charge in [0.15, 0.2) is 0 Å². The normalized spacial score (nSPS) is 17.4. The van der Waals surface area contributed by atoms with Crippen molar-refractivity contribution in [2.75, 3.05) is 31.1 Å². The first kappa shape index (κ1) is 24.6. The molecule has 6 heteroatoms. The van der Waals surface area contributed by atoms with E-state index in [0.29, 0.717) is 6.61 Å². The summed E-state index contributed by atoms with van der Waals surface area (Å²) in [6.07, 6.45) is 11.9. The van der Waals surface area contributed by atoms with Gasteiger partial charge in [0, 0.05) is 42.7 Å². The van der Waals surface area contributed by atoms with Crippen LogP contribution < -0.4 is 9.64 Å². The fraction of sp³-hybridized carbons (Fsp3) is 0.400. The van der Waals surface area contributed by atoms with E-state index in [-0.39, 0.29) is 11.4 Å². The summed E-state index contributed by atoms with van der Waals surface area (Å²) in [5, 5.41) is 0.746.